The van der Waals surface area contributed by atoms with Crippen molar-refractivity contribution in [2.24, 2.45) is 11.7 Å². The zero-order valence-electron chi connectivity index (χ0n) is 7.18. The van der Waals surface area contributed by atoms with Gasteiger partial charge in [-0.15, -0.1) is 0 Å². The lowest BCUT2D eigenvalue weighted by Crippen LogP contribution is -2.05. The van der Waals surface area contributed by atoms with E-state index in [-0.39, 0.29) is 0 Å². The number of rotatable bonds is 3. The summed E-state index contributed by atoms with van der Waals surface area (Å²) in [5.41, 5.74) is 6.91. The SMILES string of the molecule is CCC(=CC1CCOC1)CN. The lowest BCUT2D eigenvalue weighted by molar-refractivity contribution is 0.191. The van der Waals surface area contributed by atoms with Crippen LogP contribution in [0.15, 0.2) is 11.6 Å². The topological polar surface area (TPSA) is 35.2 Å². The largest absolute Gasteiger partial charge is 0.381 e. The van der Waals surface area contributed by atoms with E-state index in [9.17, 15) is 0 Å². The van der Waals surface area contributed by atoms with E-state index in [1.165, 1.54) is 12.0 Å². The first kappa shape index (κ1) is 8.75. The molecule has 0 spiro atoms. The molecule has 1 aliphatic heterocycles. The van der Waals surface area contributed by atoms with Crippen LogP contribution in [0, 0.1) is 5.92 Å². The van der Waals surface area contributed by atoms with Crippen molar-refractivity contribution >= 4 is 0 Å². The van der Waals surface area contributed by atoms with E-state index in [1.54, 1.807) is 0 Å². The smallest absolute Gasteiger partial charge is 0.0529 e. The second-order valence-corrected chi connectivity index (χ2v) is 3.01. The Morgan fingerprint density at radius 3 is 3.00 bits per heavy atom. The number of hydrogen-bond donors (Lipinski definition) is 1. The van der Waals surface area contributed by atoms with Crippen LogP contribution in [0.25, 0.3) is 0 Å². The van der Waals surface area contributed by atoms with Gasteiger partial charge in [-0.1, -0.05) is 18.6 Å². The molecule has 0 saturated carbocycles. The third kappa shape index (κ3) is 2.64. The van der Waals surface area contributed by atoms with Crippen molar-refractivity contribution in [2.75, 3.05) is 19.8 Å². The van der Waals surface area contributed by atoms with Crippen LogP contribution in [0.3, 0.4) is 0 Å². The lowest BCUT2D eigenvalue weighted by Gasteiger charge is -2.04. The molecule has 1 unspecified atom stereocenters. The van der Waals surface area contributed by atoms with Gasteiger partial charge in [-0.3, -0.25) is 0 Å². The van der Waals surface area contributed by atoms with Crippen LogP contribution in [-0.2, 0) is 4.74 Å². The molecule has 0 amide bonds. The van der Waals surface area contributed by atoms with Crippen molar-refractivity contribution < 1.29 is 4.74 Å². The van der Waals surface area contributed by atoms with Crippen molar-refractivity contribution in [3.63, 3.8) is 0 Å². The van der Waals surface area contributed by atoms with Gasteiger partial charge in [0.2, 0.25) is 0 Å². The Labute approximate surface area is 68.4 Å². The Hall–Kier alpha value is -0.340. The van der Waals surface area contributed by atoms with Crippen molar-refractivity contribution in [2.45, 2.75) is 19.8 Å². The molecule has 11 heavy (non-hydrogen) atoms. The fraction of sp³-hybridized carbons (Fsp3) is 0.778. The van der Waals surface area contributed by atoms with Gasteiger partial charge in [-0.25, -0.2) is 0 Å². The van der Waals surface area contributed by atoms with Crippen molar-refractivity contribution in [1.82, 2.24) is 0 Å². The second-order valence-electron chi connectivity index (χ2n) is 3.01. The zero-order valence-corrected chi connectivity index (χ0v) is 7.18. The van der Waals surface area contributed by atoms with Gasteiger partial charge in [0.05, 0.1) is 6.61 Å². The molecular weight excluding hydrogens is 138 g/mol. The van der Waals surface area contributed by atoms with Gasteiger partial charge in [0, 0.05) is 19.1 Å². The van der Waals surface area contributed by atoms with Gasteiger partial charge in [0.25, 0.3) is 0 Å². The molecule has 64 valence electrons. The van der Waals surface area contributed by atoms with Gasteiger partial charge in [0.1, 0.15) is 0 Å². The van der Waals surface area contributed by atoms with Crippen LogP contribution >= 0.6 is 0 Å². The van der Waals surface area contributed by atoms with Gasteiger partial charge in [-0.05, 0) is 12.8 Å². The molecule has 0 radical (unpaired) electrons. The average molecular weight is 155 g/mol. The quantitative estimate of drug-likeness (QED) is 0.624. The third-order valence-electron chi connectivity index (χ3n) is 2.15. The lowest BCUT2D eigenvalue weighted by atomic mass is 10.0. The molecule has 2 heteroatoms. The Morgan fingerprint density at radius 2 is 2.55 bits per heavy atom. The maximum atomic E-state index is 5.55. The summed E-state index contributed by atoms with van der Waals surface area (Å²) in [5.74, 6) is 0.633. The summed E-state index contributed by atoms with van der Waals surface area (Å²) in [4.78, 5) is 0. The average Bonchev–Trinajstić information content (AvgIpc) is 2.52. The van der Waals surface area contributed by atoms with Crippen molar-refractivity contribution in [3.05, 3.63) is 11.6 Å². The summed E-state index contributed by atoms with van der Waals surface area (Å²) >= 11 is 0. The Morgan fingerprint density at radius 1 is 1.73 bits per heavy atom. The minimum absolute atomic E-state index is 0.633. The molecule has 1 saturated heterocycles. The van der Waals surface area contributed by atoms with E-state index in [2.05, 4.69) is 13.0 Å². The first-order chi connectivity index (χ1) is 5.36. The number of ether oxygens (including phenoxy) is 1. The third-order valence-corrected chi connectivity index (χ3v) is 2.15. The van der Waals surface area contributed by atoms with Crippen LogP contribution in [0.4, 0.5) is 0 Å². The molecule has 0 aromatic heterocycles. The molecule has 1 atom stereocenters. The maximum absolute atomic E-state index is 5.55. The van der Waals surface area contributed by atoms with Crippen LogP contribution in [-0.4, -0.2) is 19.8 Å². The molecule has 0 aromatic rings. The van der Waals surface area contributed by atoms with E-state index >= 15 is 0 Å². The molecule has 1 rings (SSSR count). The Bertz CT molecular complexity index is 130. The standard InChI is InChI=1S/C9H17NO/c1-2-8(6-10)5-9-3-4-11-7-9/h5,9H,2-4,6-7,10H2,1H3. The van der Waals surface area contributed by atoms with Gasteiger partial charge in [0.15, 0.2) is 0 Å². The summed E-state index contributed by atoms with van der Waals surface area (Å²) in [6, 6.07) is 0. The molecule has 2 N–H and O–H groups in total. The summed E-state index contributed by atoms with van der Waals surface area (Å²) in [6.07, 6.45) is 4.53. The summed E-state index contributed by atoms with van der Waals surface area (Å²) in [5, 5.41) is 0. The van der Waals surface area contributed by atoms with Crippen LogP contribution in [0.5, 0.6) is 0 Å². The predicted octanol–water partition coefficient (Wildman–Crippen LogP) is 1.32. The minimum atomic E-state index is 0.633. The van der Waals surface area contributed by atoms with E-state index in [0.717, 1.165) is 19.6 Å². The monoisotopic (exact) mass is 155 g/mol. The molecule has 1 aliphatic rings. The fourth-order valence-electron chi connectivity index (χ4n) is 1.35. The second kappa shape index (κ2) is 4.52. The minimum Gasteiger partial charge on any atom is -0.381 e. The van der Waals surface area contributed by atoms with E-state index in [0.29, 0.717) is 12.5 Å². The summed E-state index contributed by atoms with van der Waals surface area (Å²) in [7, 11) is 0. The highest BCUT2D eigenvalue weighted by Gasteiger charge is 2.12. The van der Waals surface area contributed by atoms with Crippen molar-refractivity contribution in [3.8, 4) is 0 Å². The van der Waals surface area contributed by atoms with E-state index in [4.69, 9.17) is 10.5 Å². The number of nitrogens with two attached hydrogens (primary N) is 1. The summed E-state index contributed by atoms with van der Waals surface area (Å²) in [6.45, 7) is 4.66. The van der Waals surface area contributed by atoms with Gasteiger partial charge < -0.3 is 10.5 Å². The molecule has 2 nitrogen and oxygen atoms in total. The maximum Gasteiger partial charge on any atom is 0.0529 e. The van der Waals surface area contributed by atoms with E-state index in [1.807, 2.05) is 0 Å². The Kier molecular flexibility index (Phi) is 3.60. The summed E-state index contributed by atoms with van der Waals surface area (Å²) < 4.78 is 5.26. The normalized spacial score (nSPS) is 26.0. The highest BCUT2D eigenvalue weighted by molar-refractivity contribution is 5.05. The molecule has 0 bridgehead atoms. The molecule has 0 aromatic carbocycles. The van der Waals surface area contributed by atoms with Gasteiger partial charge >= 0.3 is 0 Å². The van der Waals surface area contributed by atoms with Crippen LogP contribution in [0.1, 0.15) is 19.8 Å². The van der Waals surface area contributed by atoms with Crippen LogP contribution < -0.4 is 5.73 Å². The predicted molar refractivity (Wildman–Crippen MR) is 46.4 cm³/mol. The van der Waals surface area contributed by atoms with Gasteiger partial charge in [-0.2, -0.15) is 0 Å². The fourth-order valence-corrected chi connectivity index (χ4v) is 1.35. The molecule has 1 fully saturated rings. The number of hydrogen-bond acceptors (Lipinski definition) is 2. The molecule has 1 heterocycles. The molecule has 0 aliphatic carbocycles. The Balaban J connectivity index is 2.40. The first-order valence-corrected chi connectivity index (χ1v) is 4.34. The highest BCUT2D eigenvalue weighted by atomic mass is 16.5. The van der Waals surface area contributed by atoms with E-state index < -0.39 is 0 Å². The molecular formula is C9H17NO. The first-order valence-electron chi connectivity index (χ1n) is 4.34. The zero-order chi connectivity index (χ0) is 8.10. The van der Waals surface area contributed by atoms with Crippen LogP contribution in [0.2, 0.25) is 0 Å². The van der Waals surface area contributed by atoms with Crippen molar-refractivity contribution in [1.29, 1.82) is 0 Å². The highest BCUT2D eigenvalue weighted by Crippen LogP contribution is 2.16.